The van der Waals surface area contributed by atoms with E-state index in [1.807, 2.05) is 25.1 Å². The smallest absolute Gasteiger partial charge is 0.327 e. The Kier molecular flexibility index (Phi) is 2.52. The number of carboxylic acids is 1. The highest BCUT2D eigenvalue weighted by atomic mass is 16.4. The highest BCUT2D eigenvalue weighted by Gasteiger charge is 2.44. The number of para-hydroxylation sites is 1. The normalized spacial score (nSPS) is 22.8. The first-order valence-corrected chi connectivity index (χ1v) is 6.42. The van der Waals surface area contributed by atoms with Crippen LogP contribution in [0.2, 0.25) is 0 Å². The molecule has 1 saturated carbocycles. The predicted molar refractivity (Wildman–Crippen MR) is 70.2 cm³/mol. The lowest BCUT2D eigenvalue weighted by molar-refractivity contribution is -0.138. The summed E-state index contributed by atoms with van der Waals surface area (Å²) >= 11 is 0. The minimum atomic E-state index is -0.965. The summed E-state index contributed by atoms with van der Waals surface area (Å²) < 4.78 is 0. The van der Waals surface area contributed by atoms with Gasteiger partial charge in [-0.05, 0) is 31.4 Å². The van der Waals surface area contributed by atoms with E-state index in [1.165, 1.54) is 4.90 Å². The summed E-state index contributed by atoms with van der Waals surface area (Å²) in [4.78, 5) is 25.1. The maximum Gasteiger partial charge on any atom is 0.327 e. The fourth-order valence-electron chi connectivity index (χ4n) is 2.47. The topological polar surface area (TPSA) is 69.6 Å². The molecule has 100 valence electrons. The molecule has 3 rings (SSSR count). The molecular weight excluding hydrogens is 244 g/mol. The monoisotopic (exact) mass is 260 g/mol. The van der Waals surface area contributed by atoms with Crippen LogP contribution in [0.4, 0.5) is 10.5 Å². The summed E-state index contributed by atoms with van der Waals surface area (Å²) in [5.74, 6) is -0.965. The zero-order valence-corrected chi connectivity index (χ0v) is 10.7. The number of amides is 2. The third kappa shape index (κ3) is 2.05. The fourth-order valence-corrected chi connectivity index (χ4v) is 2.47. The summed E-state index contributed by atoms with van der Waals surface area (Å²) in [5.41, 5.74) is 1.46. The molecule has 2 N–H and O–H groups in total. The number of benzene rings is 1. The van der Waals surface area contributed by atoms with E-state index in [2.05, 4.69) is 5.32 Å². The maximum atomic E-state index is 12.3. The zero-order valence-electron chi connectivity index (χ0n) is 10.7. The van der Waals surface area contributed by atoms with E-state index in [0.717, 1.165) is 18.4 Å². The molecule has 1 atom stereocenters. The number of hydrogen-bond donors (Lipinski definition) is 2. The average Bonchev–Trinajstić information content (AvgIpc) is 2.94. The van der Waals surface area contributed by atoms with Gasteiger partial charge in [-0.3, -0.25) is 4.90 Å². The fraction of sp³-hybridized carbons (Fsp3) is 0.429. The van der Waals surface area contributed by atoms with Crippen LogP contribution in [0.5, 0.6) is 0 Å². The number of carbonyl (C=O) groups is 2. The van der Waals surface area contributed by atoms with Gasteiger partial charge in [0.1, 0.15) is 6.04 Å². The molecular formula is C14H16N2O3. The number of hydrogen-bond acceptors (Lipinski definition) is 2. The summed E-state index contributed by atoms with van der Waals surface area (Å²) in [5, 5.41) is 12.2. The van der Waals surface area contributed by atoms with Crippen LogP contribution in [0.15, 0.2) is 24.3 Å². The minimum Gasteiger partial charge on any atom is -0.480 e. The van der Waals surface area contributed by atoms with E-state index in [1.54, 1.807) is 6.07 Å². The molecule has 5 heteroatoms. The number of nitrogens with zero attached hydrogens (tertiary/aromatic N) is 1. The third-order valence-electron chi connectivity index (χ3n) is 3.89. The number of carbonyl (C=O) groups excluding carboxylic acids is 1. The van der Waals surface area contributed by atoms with Crippen molar-refractivity contribution in [1.29, 1.82) is 0 Å². The molecule has 0 saturated heterocycles. The quantitative estimate of drug-likeness (QED) is 0.851. The van der Waals surface area contributed by atoms with Gasteiger partial charge in [0.15, 0.2) is 0 Å². The Labute approximate surface area is 111 Å². The first kappa shape index (κ1) is 12.0. The second-order valence-electron chi connectivity index (χ2n) is 5.55. The molecule has 1 aromatic carbocycles. The number of nitrogens with one attached hydrogen (secondary N) is 1. The van der Waals surface area contributed by atoms with E-state index in [-0.39, 0.29) is 11.6 Å². The average molecular weight is 260 g/mol. The Morgan fingerprint density at radius 3 is 2.68 bits per heavy atom. The number of aliphatic carboxylic acids is 1. The largest absolute Gasteiger partial charge is 0.480 e. The van der Waals surface area contributed by atoms with Crippen molar-refractivity contribution in [2.75, 3.05) is 4.90 Å². The second kappa shape index (κ2) is 3.98. The van der Waals surface area contributed by atoms with E-state index in [9.17, 15) is 14.7 Å². The number of carboxylic acid groups (broad SMARTS) is 1. The van der Waals surface area contributed by atoms with Gasteiger partial charge in [-0.25, -0.2) is 9.59 Å². The lowest BCUT2D eigenvalue weighted by Crippen LogP contribution is -2.50. The van der Waals surface area contributed by atoms with Gasteiger partial charge < -0.3 is 10.4 Å². The highest BCUT2D eigenvalue weighted by molar-refractivity contribution is 6.01. The number of rotatable bonds is 2. The molecule has 0 bridgehead atoms. The van der Waals surface area contributed by atoms with Gasteiger partial charge in [0.2, 0.25) is 0 Å². The van der Waals surface area contributed by atoms with E-state index in [4.69, 9.17) is 0 Å². The van der Waals surface area contributed by atoms with Gasteiger partial charge in [-0.1, -0.05) is 18.2 Å². The van der Waals surface area contributed by atoms with Gasteiger partial charge in [0, 0.05) is 17.6 Å². The van der Waals surface area contributed by atoms with Gasteiger partial charge >= 0.3 is 12.0 Å². The Hall–Kier alpha value is -2.04. The molecule has 0 aromatic heterocycles. The molecule has 1 heterocycles. The Bertz CT molecular complexity index is 551. The Balaban J connectivity index is 1.91. The lowest BCUT2D eigenvalue weighted by atomic mass is 10.1. The first-order valence-electron chi connectivity index (χ1n) is 6.42. The molecule has 1 aromatic rings. The van der Waals surface area contributed by atoms with Gasteiger partial charge in [0.25, 0.3) is 0 Å². The van der Waals surface area contributed by atoms with Crippen molar-refractivity contribution < 1.29 is 14.7 Å². The van der Waals surface area contributed by atoms with Crippen molar-refractivity contribution in [3.05, 3.63) is 29.8 Å². The maximum absolute atomic E-state index is 12.3. The van der Waals surface area contributed by atoms with Gasteiger partial charge in [-0.15, -0.1) is 0 Å². The van der Waals surface area contributed by atoms with E-state index < -0.39 is 12.0 Å². The van der Waals surface area contributed by atoms with Crippen LogP contribution in [-0.4, -0.2) is 28.7 Å². The molecule has 1 unspecified atom stereocenters. The van der Waals surface area contributed by atoms with Crippen LogP contribution in [0.25, 0.3) is 0 Å². The van der Waals surface area contributed by atoms with Crippen molar-refractivity contribution in [2.45, 2.75) is 37.8 Å². The number of anilines is 1. The predicted octanol–water partition coefficient (Wildman–Crippen LogP) is 1.76. The molecule has 19 heavy (non-hydrogen) atoms. The van der Waals surface area contributed by atoms with Crippen molar-refractivity contribution in [3.8, 4) is 0 Å². The zero-order chi connectivity index (χ0) is 13.6. The minimum absolute atomic E-state index is 0.155. The van der Waals surface area contributed by atoms with Crippen molar-refractivity contribution in [2.24, 2.45) is 0 Å². The van der Waals surface area contributed by atoms with Gasteiger partial charge in [0.05, 0.1) is 0 Å². The summed E-state index contributed by atoms with van der Waals surface area (Å²) in [6, 6.07) is 6.24. The van der Waals surface area contributed by atoms with Crippen molar-refractivity contribution in [1.82, 2.24) is 5.32 Å². The van der Waals surface area contributed by atoms with Crippen molar-refractivity contribution >= 4 is 17.7 Å². The molecule has 1 aliphatic heterocycles. The molecule has 1 aliphatic carbocycles. The standard InChI is InChI=1S/C14H16N2O3/c1-14(6-7-14)15-13(19)16-10-5-3-2-4-9(10)8-11(16)12(17)18/h2-5,11H,6-8H2,1H3,(H,15,19)(H,17,18). The van der Waals surface area contributed by atoms with Crippen LogP contribution >= 0.6 is 0 Å². The van der Waals surface area contributed by atoms with E-state index >= 15 is 0 Å². The lowest BCUT2D eigenvalue weighted by Gasteiger charge is -2.25. The third-order valence-corrected chi connectivity index (χ3v) is 3.89. The van der Waals surface area contributed by atoms with Crippen LogP contribution in [-0.2, 0) is 11.2 Å². The Morgan fingerprint density at radius 1 is 1.37 bits per heavy atom. The molecule has 1 fully saturated rings. The highest BCUT2D eigenvalue weighted by Crippen LogP contribution is 2.37. The van der Waals surface area contributed by atoms with Crippen LogP contribution in [0.3, 0.4) is 0 Å². The molecule has 0 spiro atoms. The molecule has 5 nitrogen and oxygen atoms in total. The molecule has 0 radical (unpaired) electrons. The molecule has 2 aliphatic rings. The SMILES string of the molecule is CC1(NC(=O)N2c3ccccc3CC2C(=O)O)CC1. The molecule has 2 amide bonds. The first-order chi connectivity index (χ1) is 9.00. The van der Waals surface area contributed by atoms with Crippen LogP contribution in [0.1, 0.15) is 25.3 Å². The number of fused-ring (bicyclic) bond motifs is 1. The summed E-state index contributed by atoms with van der Waals surface area (Å²) in [7, 11) is 0. The van der Waals surface area contributed by atoms with Crippen LogP contribution < -0.4 is 10.2 Å². The second-order valence-corrected chi connectivity index (χ2v) is 5.55. The summed E-state index contributed by atoms with van der Waals surface area (Å²) in [6.45, 7) is 1.97. The van der Waals surface area contributed by atoms with Gasteiger partial charge in [-0.2, -0.15) is 0 Å². The van der Waals surface area contributed by atoms with E-state index in [0.29, 0.717) is 12.1 Å². The van der Waals surface area contributed by atoms with Crippen LogP contribution in [0, 0.1) is 0 Å². The van der Waals surface area contributed by atoms with Crippen molar-refractivity contribution in [3.63, 3.8) is 0 Å². The number of urea groups is 1. The summed E-state index contributed by atoms with van der Waals surface area (Å²) in [6.07, 6.45) is 2.27. The Morgan fingerprint density at radius 2 is 2.05 bits per heavy atom.